The Hall–Kier alpha value is -2.46. The van der Waals surface area contributed by atoms with Crippen molar-refractivity contribution in [2.45, 2.75) is 38.6 Å². The summed E-state index contributed by atoms with van der Waals surface area (Å²) in [6, 6.07) is 17.0. The molecule has 2 heterocycles. The zero-order valence-electron chi connectivity index (χ0n) is 19.0. The highest BCUT2D eigenvalue weighted by atomic mass is 127. The minimum atomic E-state index is -0.241. The fourth-order valence-corrected chi connectivity index (χ4v) is 4.08. The predicted molar refractivity (Wildman–Crippen MR) is 139 cm³/mol. The van der Waals surface area contributed by atoms with Crippen LogP contribution in [0.1, 0.15) is 30.0 Å². The molecule has 4 rings (SSSR count). The first kappa shape index (κ1) is 25.2. The van der Waals surface area contributed by atoms with E-state index in [9.17, 15) is 4.39 Å². The molecule has 2 unspecified atom stereocenters. The lowest BCUT2D eigenvalue weighted by Crippen LogP contribution is -2.50. The van der Waals surface area contributed by atoms with Gasteiger partial charge in [0.1, 0.15) is 17.7 Å². The molecule has 2 atom stereocenters. The highest BCUT2D eigenvalue weighted by molar-refractivity contribution is 14.0. The second kappa shape index (κ2) is 12.1. The van der Waals surface area contributed by atoms with Crippen LogP contribution in [0.15, 0.2) is 72.0 Å². The van der Waals surface area contributed by atoms with Crippen molar-refractivity contribution in [3.8, 4) is 0 Å². The van der Waals surface area contributed by atoms with Gasteiger partial charge in [0.15, 0.2) is 5.96 Å². The Kier molecular flexibility index (Phi) is 9.25. The number of ether oxygens (including phenoxy) is 1. The van der Waals surface area contributed by atoms with E-state index in [1.807, 2.05) is 25.4 Å². The maximum absolute atomic E-state index is 13.3. The summed E-state index contributed by atoms with van der Waals surface area (Å²) in [6.45, 7) is 4.90. The van der Waals surface area contributed by atoms with Gasteiger partial charge < -0.3 is 19.5 Å². The standard InChI is InChI=1S/C25H30FN5O.HI/c1-19-17-31(18-23(32-19)21-8-10-22(26)11-9-21)25(27-2)29-16-24-28-13-15-30(24)14-12-20-6-4-3-5-7-20;/h3-11,13,15,19,23H,12,14,16-18H2,1-2H3,(H,27,29);1H. The topological polar surface area (TPSA) is 54.7 Å². The predicted octanol–water partition coefficient (Wildman–Crippen LogP) is 4.42. The largest absolute Gasteiger partial charge is 0.367 e. The van der Waals surface area contributed by atoms with Crippen molar-refractivity contribution in [2.24, 2.45) is 4.99 Å². The monoisotopic (exact) mass is 563 g/mol. The van der Waals surface area contributed by atoms with E-state index in [1.54, 1.807) is 19.2 Å². The number of rotatable bonds is 6. The van der Waals surface area contributed by atoms with E-state index in [2.05, 4.69) is 49.0 Å². The third-order valence-electron chi connectivity index (χ3n) is 5.70. The lowest BCUT2D eigenvalue weighted by atomic mass is 10.1. The molecule has 6 nitrogen and oxygen atoms in total. The average Bonchev–Trinajstić information content (AvgIpc) is 3.26. The second-order valence-corrected chi connectivity index (χ2v) is 8.07. The van der Waals surface area contributed by atoms with Crippen LogP contribution in [0.25, 0.3) is 0 Å². The summed E-state index contributed by atoms with van der Waals surface area (Å²) in [4.78, 5) is 11.2. The van der Waals surface area contributed by atoms with E-state index >= 15 is 0 Å². The number of aliphatic imine (C=N–C) groups is 1. The maximum Gasteiger partial charge on any atom is 0.194 e. The van der Waals surface area contributed by atoms with Crippen LogP contribution in [0.5, 0.6) is 0 Å². The molecule has 1 N–H and O–H groups in total. The van der Waals surface area contributed by atoms with Gasteiger partial charge in [-0.15, -0.1) is 24.0 Å². The molecule has 0 aliphatic carbocycles. The first-order valence-electron chi connectivity index (χ1n) is 11.0. The normalized spacial score (nSPS) is 18.6. The molecule has 2 aromatic carbocycles. The summed E-state index contributed by atoms with van der Waals surface area (Å²) in [6.07, 6.45) is 4.71. The number of hydrogen-bond acceptors (Lipinski definition) is 3. The second-order valence-electron chi connectivity index (χ2n) is 8.07. The summed E-state index contributed by atoms with van der Waals surface area (Å²) in [7, 11) is 1.79. The Labute approximate surface area is 211 Å². The molecule has 1 saturated heterocycles. The number of imidazole rings is 1. The highest BCUT2D eigenvalue weighted by Gasteiger charge is 2.28. The summed E-state index contributed by atoms with van der Waals surface area (Å²) >= 11 is 0. The fourth-order valence-electron chi connectivity index (χ4n) is 4.08. The quantitative estimate of drug-likeness (QED) is 0.274. The number of nitrogens with one attached hydrogen (secondary N) is 1. The number of halogens is 2. The molecule has 1 fully saturated rings. The number of hydrogen-bond donors (Lipinski definition) is 1. The zero-order chi connectivity index (χ0) is 22.3. The van der Waals surface area contributed by atoms with Crippen LogP contribution >= 0.6 is 24.0 Å². The molecule has 1 aliphatic heterocycles. The van der Waals surface area contributed by atoms with Gasteiger partial charge in [0.05, 0.1) is 19.2 Å². The molecule has 1 aliphatic rings. The minimum Gasteiger partial charge on any atom is -0.367 e. The van der Waals surface area contributed by atoms with Crippen LogP contribution in [0.2, 0.25) is 0 Å². The number of aromatic nitrogens is 2. The van der Waals surface area contributed by atoms with Crippen molar-refractivity contribution in [1.82, 2.24) is 19.8 Å². The molecule has 33 heavy (non-hydrogen) atoms. The smallest absolute Gasteiger partial charge is 0.194 e. The van der Waals surface area contributed by atoms with Gasteiger partial charge in [-0.2, -0.15) is 0 Å². The van der Waals surface area contributed by atoms with E-state index in [0.717, 1.165) is 36.9 Å². The first-order valence-corrected chi connectivity index (χ1v) is 11.0. The average molecular weight is 563 g/mol. The molecule has 0 amide bonds. The molecule has 3 aromatic rings. The number of aryl methyl sites for hydroxylation is 2. The third kappa shape index (κ3) is 6.77. The van der Waals surface area contributed by atoms with E-state index in [-0.39, 0.29) is 42.0 Å². The molecule has 1 aromatic heterocycles. The summed E-state index contributed by atoms with van der Waals surface area (Å²) in [5.41, 5.74) is 2.28. The molecular formula is C25H31FIN5O. The van der Waals surface area contributed by atoms with E-state index < -0.39 is 0 Å². The zero-order valence-corrected chi connectivity index (χ0v) is 21.4. The van der Waals surface area contributed by atoms with E-state index in [4.69, 9.17) is 4.74 Å². The lowest BCUT2D eigenvalue weighted by Gasteiger charge is -2.38. The summed E-state index contributed by atoms with van der Waals surface area (Å²) < 4.78 is 21.6. The molecule has 0 saturated carbocycles. The Balaban J connectivity index is 0.00000306. The Morgan fingerprint density at radius 3 is 2.64 bits per heavy atom. The maximum atomic E-state index is 13.3. The first-order chi connectivity index (χ1) is 15.6. The van der Waals surface area contributed by atoms with Crippen LogP contribution in [0.4, 0.5) is 4.39 Å². The summed E-state index contributed by atoms with van der Waals surface area (Å²) in [5, 5.41) is 3.46. The Morgan fingerprint density at radius 2 is 1.91 bits per heavy atom. The Morgan fingerprint density at radius 1 is 1.15 bits per heavy atom. The van der Waals surface area contributed by atoms with Gasteiger partial charge in [0.2, 0.25) is 0 Å². The molecule has 0 spiro atoms. The van der Waals surface area contributed by atoms with Gasteiger partial charge in [0.25, 0.3) is 0 Å². The van der Waals surface area contributed by atoms with Crippen molar-refractivity contribution in [3.05, 3.63) is 89.8 Å². The molecule has 0 radical (unpaired) electrons. The minimum absolute atomic E-state index is 0. The molecule has 0 bridgehead atoms. The molecular weight excluding hydrogens is 532 g/mol. The van der Waals surface area contributed by atoms with Gasteiger partial charge in [-0.1, -0.05) is 42.5 Å². The summed E-state index contributed by atoms with van der Waals surface area (Å²) in [5.74, 6) is 1.54. The lowest BCUT2D eigenvalue weighted by molar-refractivity contribution is -0.0605. The number of guanidine groups is 1. The van der Waals surface area contributed by atoms with Crippen molar-refractivity contribution in [3.63, 3.8) is 0 Å². The van der Waals surface area contributed by atoms with Gasteiger partial charge in [-0.05, 0) is 36.6 Å². The van der Waals surface area contributed by atoms with Gasteiger partial charge in [0, 0.05) is 32.5 Å². The van der Waals surface area contributed by atoms with Crippen LogP contribution < -0.4 is 5.32 Å². The van der Waals surface area contributed by atoms with Crippen LogP contribution in [0, 0.1) is 5.82 Å². The van der Waals surface area contributed by atoms with Crippen LogP contribution in [0.3, 0.4) is 0 Å². The highest BCUT2D eigenvalue weighted by Crippen LogP contribution is 2.25. The van der Waals surface area contributed by atoms with E-state index in [0.29, 0.717) is 13.1 Å². The molecule has 8 heteroatoms. The van der Waals surface area contributed by atoms with Gasteiger partial charge >= 0.3 is 0 Å². The fraction of sp³-hybridized carbons (Fsp3) is 0.360. The number of nitrogens with zero attached hydrogens (tertiary/aromatic N) is 4. The van der Waals surface area contributed by atoms with E-state index in [1.165, 1.54) is 17.7 Å². The van der Waals surface area contributed by atoms with Gasteiger partial charge in [-0.25, -0.2) is 9.37 Å². The van der Waals surface area contributed by atoms with Crippen LogP contribution in [-0.2, 0) is 24.2 Å². The van der Waals surface area contributed by atoms with Gasteiger partial charge in [-0.3, -0.25) is 4.99 Å². The van der Waals surface area contributed by atoms with Crippen LogP contribution in [-0.4, -0.2) is 46.7 Å². The SMILES string of the molecule is CN=C(NCc1nccn1CCc1ccccc1)N1CC(C)OC(c2ccc(F)cc2)C1.I. The van der Waals surface area contributed by atoms with Crippen molar-refractivity contribution >= 4 is 29.9 Å². The Bertz CT molecular complexity index is 1020. The molecule has 176 valence electrons. The third-order valence-corrected chi connectivity index (χ3v) is 5.70. The number of benzene rings is 2. The number of morpholine rings is 1. The van der Waals surface area contributed by atoms with Crippen molar-refractivity contribution < 1.29 is 9.13 Å². The van der Waals surface area contributed by atoms with Crippen molar-refractivity contribution in [1.29, 1.82) is 0 Å². The van der Waals surface area contributed by atoms with Crippen molar-refractivity contribution in [2.75, 3.05) is 20.1 Å².